The average Bonchev–Trinajstić information content (AvgIpc) is 2.70. The molecule has 27 heavy (non-hydrogen) atoms. The van der Waals surface area contributed by atoms with Crippen LogP contribution in [-0.4, -0.2) is 15.0 Å². The van der Waals surface area contributed by atoms with Crippen molar-refractivity contribution in [1.29, 1.82) is 5.53 Å². The maximum Gasteiger partial charge on any atom is 0.229 e. The summed E-state index contributed by atoms with van der Waals surface area (Å²) in [5.74, 6) is 0.351. The van der Waals surface area contributed by atoms with Crippen molar-refractivity contribution in [1.82, 2.24) is 15.0 Å². The molecule has 132 valence electrons. The molecule has 0 fully saturated rings. The molecule has 0 saturated carbocycles. The lowest BCUT2D eigenvalue weighted by Crippen LogP contribution is -2.00. The van der Waals surface area contributed by atoms with Gasteiger partial charge in [0.05, 0.1) is 17.4 Å². The van der Waals surface area contributed by atoms with Gasteiger partial charge in [0.15, 0.2) is 5.82 Å². The third-order valence-corrected chi connectivity index (χ3v) is 3.84. The van der Waals surface area contributed by atoms with Crippen LogP contribution in [0.3, 0.4) is 0 Å². The van der Waals surface area contributed by atoms with Gasteiger partial charge in [0.25, 0.3) is 0 Å². The van der Waals surface area contributed by atoms with Crippen LogP contribution < -0.4 is 10.6 Å². The molecule has 0 radical (unpaired) electrons. The zero-order chi connectivity index (χ0) is 18.6. The number of hydrogen-bond acceptors (Lipinski definition) is 7. The highest BCUT2D eigenvalue weighted by Crippen LogP contribution is 2.24. The molecule has 0 aliphatic carbocycles. The highest BCUT2D eigenvalue weighted by molar-refractivity contribution is 5.82. The highest BCUT2D eigenvalue weighted by Gasteiger charge is 2.06. The van der Waals surface area contributed by atoms with E-state index < -0.39 is 5.82 Å². The van der Waals surface area contributed by atoms with Gasteiger partial charge in [0, 0.05) is 17.3 Å². The third-order valence-electron chi connectivity index (χ3n) is 3.84. The molecule has 2 heterocycles. The molecule has 0 saturated heterocycles. The Hall–Kier alpha value is -3.94. The second-order valence-electron chi connectivity index (χ2n) is 5.71. The van der Waals surface area contributed by atoms with E-state index in [0.717, 1.165) is 16.6 Å². The van der Waals surface area contributed by atoms with Gasteiger partial charge in [-0.1, -0.05) is 18.2 Å². The molecule has 3 N–H and O–H groups in total. The van der Waals surface area contributed by atoms with Crippen molar-refractivity contribution in [2.24, 2.45) is 5.11 Å². The first-order valence-electron chi connectivity index (χ1n) is 8.10. The lowest BCUT2D eigenvalue weighted by atomic mass is 10.2. The number of benzene rings is 2. The maximum absolute atomic E-state index is 13.4. The summed E-state index contributed by atoms with van der Waals surface area (Å²) in [4.78, 5) is 13.0. The number of fused-ring (bicyclic) bond motifs is 1. The van der Waals surface area contributed by atoms with E-state index in [2.05, 4.69) is 30.7 Å². The molecule has 2 aromatic heterocycles. The van der Waals surface area contributed by atoms with Crippen LogP contribution in [0.15, 0.2) is 72.1 Å². The third kappa shape index (κ3) is 3.69. The largest absolute Gasteiger partial charge is 0.339 e. The van der Waals surface area contributed by atoms with Crippen LogP contribution in [-0.2, 0) is 0 Å². The summed E-state index contributed by atoms with van der Waals surface area (Å²) in [5.41, 5.74) is 9.18. The number of halogens is 1. The number of anilines is 4. The fourth-order valence-corrected chi connectivity index (χ4v) is 2.58. The van der Waals surface area contributed by atoms with E-state index in [1.54, 1.807) is 18.5 Å². The van der Waals surface area contributed by atoms with Gasteiger partial charge in [0.1, 0.15) is 11.5 Å². The van der Waals surface area contributed by atoms with Crippen LogP contribution in [0.25, 0.3) is 10.9 Å². The first-order chi connectivity index (χ1) is 13.2. The highest BCUT2D eigenvalue weighted by atomic mass is 19.1. The van der Waals surface area contributed by atoms with E-state index in [1.807, 2.05) is 30.3 Å². The average molecular weight is 359 g/mol. The lowest BCUT2D eigenvalue weighted by Gasteiger charge is -2.09. The van der Waals surface area contributed by atoms with E-state index in [1.165, 1.54) is 18.2 Å². The van der Waals surface area contributed by atoms with Crippen LogP contribution in [0, 0.1) is 11.3 Å². The van der Waals surface area contributed by atoms with E-state index in [-0.39, 0.29) is 5.69 Å². The monoisotopic (exact) mass is 359 g/mol. The number of nitrogens with one attached hydrogen (secondary N) is 3. The van der Waals surface area contributed by atoms with E-state index in [0.29, 0.717) is 17.5 Å². The van der Waals surface area contributed by atoms with Crippen molar-refractivity contribution in [2.75, 3.05) is 10.6 Å². The van der Waals surface area contributed by atoms with E-state index in [9.17, 15) is 4.39 Å². The number of aromatic nitrogens is 3. The normalized spacial score (nSPS) is 10.6. The second kappa shape index (κ2) is 7.12. The summed E-state index contributed by atoms with van der Waals surface area (Å²) in [6.07, 6.45) is 3.34. The molecule has 8 heteroatoms. The topological polar surface area (TPSA) is 98.9 Å². The molecule has 2 aromatic carbocycles. The van der Waals surface area contributed by atoms with Gasteiger partial charge < -0.3 is 10.6 Å². The zero-order valence-corrected chi connectivity index (χ0v) is 14.0. The number of nitrogens with zero attached hydrogens (tertiary/aromatic N) is 4. The Morgan fingerprint density at radius 2 is 1.81 bits per heavy atom. The number of pyridine rings is 1. The van der Waals surface area contributed by atoms with E-state index in [4.69, 9.17) is 5.53 Å². The van der Waals surface area contributed by atoms with Crippen molar-refractivity contribution in [3.63, 3.8) is 0 Å². The molecular formula is C19H14FN7. The Bertz CT molecular complexity index is 1130. The Morgan fingerprint density at radius 1 is 0.926 bits per heavy atom. The first kappa shape index (κ1) is 16.5. The van der Waals surface area contributed by atoms with Crippen LogP contribution in [0.1, 0.15) is 0 Å². The molecule has 0 bridgehead atoms. The second-order valence-corrected chi connectivity index (χ2v) is 5.71. The van der Waals surface area contributed by atoms with Crippen LogP contribution in [0.2, 0.25) is 0 Å². The van der Waals surface area contributed by atoms with Crippen molar-refractivity contribution >= 4 is 39.7 Å². The molecule has 4 aromatic rings. The minimum atomic E-state index is -0.560. The molecule has 4 rings (SSSR count). The number of para-hydroxylation sites is 1. The van der Waals surface area contributed by atoms with Gasteiger partial charge in [-0.3, -0.25) is 4.98 Å². The van der Waals surface area contributed by atoms with Gasteiger partial charge in [-0.25, -0.2) is 14.9 Å². The van der Waals surface area contributed by atoms with Crippen molar-refractivity contribution in [3.05, 3.63) is 72.8 Å². The molecule has 0 spiro atoms. The Morgan fingerprint density at radius 3 is 2.70 bits per heavy atom. The molecule has 0 atom stereocenters. The first-order valence-corrected chi connectivity index (χ1v) is 8.10. The standard InChI is InChI=1S/C19H14FN7/c20-15-6-5-13(10-17(15)27-21)25-19-22-8-7-18(26-19)24-14-9-12-3-1-2-4-16(12)23-11-14/h1-11,21H,(H2,22,24,25,26). The van der Waals surface area contributed by atoms with Crippen LogP contribution in [0.4, 0.5) is 33.2 Å². The minimum absolute atomic E-state index is 0.0588. The number of rotatable bonds is 5. The van der Waals surface area contributed by atoms with Gasteiger partial charge in [-0.2, -0.15) is 10.1 Å². The summed E-state index contributed by atoms with van der Waals surface area (Å²) < 4.78 is 13.4. The predicted molar refractivity (Wildman–Crippen MR) is 102 cm³/mol. The fraction of sp³-hybridized carbons (Fsp3) is 0. The van der Waals surface area contributed by atoms with E-state index >= 15 is 0 Å². The number of hydrogen-bond donors (Lipinski definition) is 3. The fourth-order valence-electron chi connectivity index (χ4n) is 2.58. The zero-order valence-electron chi connectivity index (χ0n) is 14.0. The summed E-state index contributed by atoms with van der Waals surface area (Å²) in [5, 5.41) is 10.3. The molecule has 0 unspecified atom stereocenters. The summed E-state index contributed by atoms with van der Waals surface area (Å²) in [6.45, 7) is 0. The Kier molecular flexibility index (Phi) is 4.36. The quantitative estimate of drug-likeness (QED) is 0.419. The van der Waals surface area contributed by atoms with Crippen molar-refractivity contribution in [3.8, 4) is 0 Å². The van der Waals surface area contributed by atoms with Gasteiger partial charge >= 0.3 is 0 Å². The molecule has 0 aliphatic heterocycles. The maximum atomic E-state index is 13.4. The minimum Gasteiger partial charge on any atom is -0.339 e. The summed E-state index contributed by atoms with van der Waals surface area (Å²) in [7, 11) is 0. The smallest absolute Gasteiger partial charge is 0.229 e. The molecule has 0 amide bonds. The Balaban J connectivity index is 1.55. The van der Waals surface area contributed by atoms with Crippen molar-refractivity contribution < 1.29 is 4.39 Å². The van der Waals surface area contributed by atoms with Gasteiger partial charge in [-0.05, 0) is 36.4 Å². The summed E-state index contributed by atoms with van der Waals surface area (Å²) in [6, 6.07) is 15.7. The van der Waals surface area contributed by atoms with Gasteiger partial charge in [-0.15, -0.1) is 0 Å². The molecule has 0 aliphatic rings. The Labute approximate surface area is 153 Å². The molecular weight excluding hydrogens is 345 g/mol. The SMILES string of the molecule is N=Nc1cc(Nc2nccc(Nc3cnc4ccccc4c3)n2)ccc1F. The lowest BCUT2D eigenvalue weighted by molar-refractivity contribution is 0.627. The van der Waals surface area contributed by atoms with Gasteiger partial charge in [0.2, 0.25) is 5.95 Å². The van der Waals surface area contributed by atoms with Crippen molar-refractivity contribution in [2.45, 2.75) is 0 Å². The van der Waals surface area contributed by atoms with Crippen LogP contribution in [0.5, 0.6) is 0 Å². The summed E-state index contributed by atoms with van der Waals surface area (Å²) >= 11 is 0. The van der Waals surface area contributed by atoms with Crippen LogP contribution >= 0.6 is 0 Å². The predicted octanol–water partition coefficient (Wildman–Crippen LogP) is 5.31. The molecule has 7 nitrogen and oxygen atoms in total.